The number of benzene rings is 2. The van der Waals surface area contributed by atoms with Gasteiger partial charge >= 0.3 is 0 Å². The summed E-state index contributed by atoms with van der Waals surface area (Å²) in [5.41, 5.74) is 2.26. The summed E-state index contributed by atoms with van der Waals surface area (Å²) in [4.78, 5) is 36.4. The second-order valence-corrected chi connectivity index (χ2v) is 6.08. The van der Waals surface area contributed by atoms with Gasteiger partial charge in [0.15, 0.2) is 0 Å². The van der Waals surface area contributed by atoms with Crippen LogP contribution in [0.5, 0.6) is 0 Å². The van der Waals surface area contributed by atoms with Gasteiger partial charge in [0.25, 0.3) is 5.91 Å². The molecule has 6 heteroatoms. The number of aryl methyl sites for hydroxylation is 1. The number of nitrogens with one attached hydrogen (secondary N) is 3. The lowest BCUT2D eigenvalue weighted by atomic mass is 10.0. The summed E-state index contributed by atoms with van der Waals surface area (Å²) in [6, 6.07) is 14.8. The number of para-hydroxylation sites is 1. The summed E-state index contributed by atoms with van der Waals surface area (Å²) in [5.74, 6) is -1.10. The van der Waals surface area contributed by atoms with Gasteiger partial charge in [0, 0.05) is 12.6 Å². The molecule has 2 aromatic rings. The number of amides is 3. The third-order valence-electron chi connectivity index (χ3n) is 3.90. The van der Waals surface area contributed by atoms with Crippen molar-refractivity contribution >= 4 is 23.4 Å². The fourth-order valence-corrected chi connectivity index (χ4v) is 2.50. The molecule has 2 rings (SSSR count). The van der Waals surface area contributed by atoms with E-state index in [2.05, 4.69) is 16.0 Å². The molecule has 0 heterocycles. The van der Waals surface area contributed by atoms with E-state index in [0.29, 0.717) is 11.3 Å². The first-order valence-corrected chi connectivity index (χ1v) is 8.37. The predicted molar refractivity (Wildman–Crippen MR) is 100 cm³/mol. The first-order chi connectivity index (χ1) is 12.4. The number of rotatable bonds is 6. The van der Waals surface area contributed by atoms with Crippen LogP contribution in [-0.4, -0.2) is 23.8 Å². The number of anilines is 1. The Hall–Kier alpha value is -3.15. The molecule has 0 saturated carbocycles. The molecule has 2 aromatic carbocycles. The molecule has 0 fully saturated rings. The van der Waals surface area contributed by atoms with E-state index in [-0.39, 0.29) is 11.8 Å². The summed E-state index contributed by atoms with van der Waals surface area (Å²) in [6.07, 6.45) is 0. The highest BCUT2D eigenvalue weighted by molar-refractivity contribution is 5.99. The lowest BCUT2D eigenvalue weighted by Gasteiger charge is -2.22. The van der Waals surface area contributed by atoms with Gasteiger partial charge in [-0.1, -0.05) is 48.5 Å². The monoisotopic (exact) mass is 353 g/mol. The van der Waals surface area contributed by atoms with Crippen LogP contribution in [-0.2, 0) is 14.4 Å². The van der Waals surface area contributed by atoms with Gasteiger partial charge in [-0.15, -0.1) is 0 Å². The van der Waals surface area contributed by atoms with Crippen LogP contribution in [0, 0.1) is 6.92 Å². The average Bonchev–Trinajstić information content (AvgIpc) is 2.61. The zero-order valence-electron chi connectivity index (χ0n) is 15.1. The summed E-state index contributed by atoms with van der Waals surface area (Å²) in [6.45, 7) is 4.80. The molecular weight excluding hydrogens is 330 g/mol. The summed E-state index contributed by atoms with van der Waals surface area (Å²) in [7, 11) is 0. The predicted octanol–water partition coefficient (Wildman–Crippen LogP) is 2.32. The van der Waals surface area contributed by atoms with Crippen LogP contribution in [0.1, 0.15) is 31.0 Å². The Morgan fingerprint density at radius 3 is 2.08 bits per heavy atom. The van der Waals surface area contributed by atoms with E-state index in [9.17, 15) is 14.4 Å². The van der Waals surface area contributed by atoms with Crippen LogP contribution in [0.3, 0.4) is 0 Å². The molecule has 0 aliphatic heterocycles. The minimum Gasteiger partial charge on any atom is -0.345 e. The van der Waals surface area contributed by atoms with Crippen molar-refractivity contribution in [2.24, 2.45) is 0 Å². The molecule has 0 bridgehead atoms. The van der Waals surface area contributed by atoms with Crippen molar-refractivity contribution in [2.45, 2.75) is 32.9 Å². The standard InChI is InChI=1S/C20H23N3O3/c1-13-9-7-8-12-17(13)22-20(26)18(16-10-5-4-6-11-16)23-19(25)14(2)21-15(3)24/h4-12,14,18H,1-3H3,(H,21,24)(H,22,26)(H,23,25). The van der Waals surface area contributed by atoms with Gasteiger partial charge in [-0.25, -0.2) is 0 Å². The normalized spacial score (nSPS) is 12.6. The second kappa shape index (κ2) is 8.80. The van der Waals surface area contributed by atoms with E-state index in [1.54, 1.807) is 37.3 Å². The minimum absolute atomic E-state index is 0.312. The first-order valence-electron chi connectivity index (χ1n) is 8.37. The lowest BCUT2D eigenvalue weighted by molar-refractivity contribution is -0.130. The Kier molecular flexibility index (Phi) is 6.49. The Balaban J connectivity index is 2.21. The summed E-state index contributed by atoms with van der Waals surface area (Å²) >= 11 is 0. The van der Waals surface area contributed by atoms with E-state index >= 15 is 0 Å². The molecule has 0 radical (unpaired) electrons. The third kappa shape index (κ3) is 5.17. The topological polar surface area (TPSA) is 87.3 Å². The largest absolute Gasteiger partial charge is 0.345 e. The van der Waals surface area contributed by atoms with Crippen LogP contribution in [0.2, 0.25) is 0 Å². The Labute approximate surface area is 153 Å². The molecular formula is C20H23N3O3. The van der Waals surface area contributed by atoms with Crippen molar-refractivity contribution in [1.82, 2.24) is 10.6 Å². The number of hydrogen-bond acceptors (Lipinski definition) is 3. The van der Waals surface area contributed by atoms with Crippen LogP contribution in [0.25, 0.3) is 0 Å². The van der Waals surface area contributed by atoms with Gasteiger partial charge in [0.1, 0.15) is 12.1 Å². The molecule has 0 saturated heterocycles. The van der Waals surface area contributed by atoms with Gasteiger partial charge in [-0.2, -0.15) is 0 Å². The molecule has 26 heavy (non-hydrogen) atoms. The van der Waals surface area contributed by atoms with Crippen LogP contribution >= 0.6 is 0 Å². The molecule has 0 aliphatic carbocycles. The first kappa shape index (κ1) is 19.2. The van der Waals surface area contributed by atoms with Crippen LogP contribution < -0.4 is 16.0 Å². The highest BCUT2D eigenvalue weighted by Crippen LogP contribution is 2.18. The molecule has 0 spiro atoms. The molecule has 136 valence electrons. The van der Waals surface area contributed by atoms with E-state index in [1.807, 2.05) is 31.2 Å². The molecule has 3 amide bonds. The third-order valence-corrected chi connectivity index (χ3v) is 3.90. The highest BCUT2D eigenvalue weighted by Gasteiger charge is 2.25. The summed E-state index contributed by atoms with van der Waals surface area (Å²) in [5, 5.41) is 8.08. The minimum atomic E-state index is -0.875. The second-order valence-electron chi connectivity index (χ2n) is 6.08. The van der Waals surface area contributed by atoms with Crippen molar-refractivity contribution in [1.29, 1.82) is 0 Å². The molecule has 0 aromatic heterocycles. The van der Waals surface area contributed by atoms with Gasteiger partial charge in [0.2, 0.25) is 11.8 Å². The maximum Gasteiger partial charge on any atom is 0.251 e. The van der Waals surface area contributed by atoms with Crippen molar-refractivity contribution in [3.05, 3.63) is 65.7 Å². The van der Waals surface area contributed by atoms with Crippen molar-refractivity contribution in [2.75, 3.05) is 5.32 Å². The molecule has 2 unspecified atom stereocenters. The molecule has 2 atom stereocenters. The van der Waals surface area contributed by atoms with Crippen LogP contribution in [0.4, 0.5) is 5.69 Å². The SMILES string of the molecule is CC(=O)NC(C)C(=O)NC(C(=O)Nc1ccccc1C)c1ccccc1. The van der Waals surface area contributed by atoms with Gasteiger partial charge in [0.05, 0.1) is 0 Å². The van der Waals surface area contributed by atoms with E-state index < -0.39 is 18.0 Å². The maximum atomic E-state index is 12.8. The van der Waals surface area contributed by atoms with E-state index in [0.717, 1.165) is 5.56 Å². The fraction of sp³-hybridized carbons (Fsp3) is 0.250. The van der Waals surface area contributed by atoms with Crippen molar-refractivity contribution in [3.63, 3.8) is 0 Å². The zero-order valence-corrected chi connectivity index (χ0v) is 15.1. The number of carbonyl (C=O) groups excluding carboxylic acids is 3. The Morgan fingerprint density at radius 2 is 1.46 bits per heavy atom. The van der Waals surface area contributed by atoms with Gasteiger partial charge in [-0.05, 0) is 31.0 Å². The zero-order chi connectivity index (χ0) is 19.1. The van der Waals surface area contributed by atoms with Crippen LogP contribution in [0.15, 0.2) is 54.6 Å². The summed E-state index contributed by atoms with van der Waals surface area (Å²) < 4.78 is 0. The van der Waals surface area contributed by atoms with E-state index in [1.165, 1.54) is 6.92 Å². The molecule has 3 N–H and O–H groups in total. The fourth-order valence-electron chi connectivity index (χ4n) is 2.50. The maximum absolute atomic E-state index is 12.8. The Morgan fingerprint density at radius 1 is 0.846 bits per heavy atom. The van der Waals surface area contributed by atoms with Gasteiger partial charge in [-0.3, -0.25) is 14.4 Å². The lowest BCUT2D eigenvalue weighted by Crippen LogP contribution is -2.47. The van der Waals surface area contributed by atoms with Crippen molar-refractivity contribution < 1.29 is 14.4 Å². The number of carbonyl (C=O) groups is 3. The van der Waals surface area contributed by atoms with E-state index in [4.69, 9.17) is 0 Å². The smallest absolute Gasteiger partial charge is 0.251 e. The Bertz CT molecular complexity index is 790. The number of hydrogen-bond donors (Lipinski definition) is 3. The molecule has 6 nitrogen and oxygen atoms in total. The quantitative estimate of drug-likeness (QED) is 0.745. The molecule has 0 aliphatic rings. The average molecular weight is 353 g/mol. The van der Waals surface area contributed by atoms with Crippen molar-refractivity contribution in [3.8, 4) is 0 Å². The highest BCUT2D eigenvalue weighted by atomic mass is 16.2. The van der Waals surface area contributed by atoms with Gasteiger partial charge < -0.3 is 16.0 Å².